The Balaban J connectivity index is 1.84. The van der Waals surface area contributed by atoms with Crippen LogP contribution in [-0.4, -0.2) is 15.9 Å². The van der Waals surface area contributed by atoms with Gasteiger partial charge in [-0.1, -0.05) is 25.1 Å². The predicted octanol–water partition coefficient (Wildman–Crippen LogP) is 3.45. The number of hydrogen-bond donors (Lipinski definition) is 0. The van der Waals surface area contributed by atoms with Crippen LogP contribution in [0.3, 0.4) is 0 Å². The number of para-hydroxylation sites is 1. The molecule has 3 aromatic rings. The molecule has 0 unspecified atom stereocenters. The molecule has 3 rings (SSSR count). The van der Waals surface area contributed by atoms with Crippen LogP contribution in [0.2, 0.25) is 0 Å². The molecule has 0 aliphatic heterocycles. The number of aryl methyl sites for hydroxylation is 2. The van der Waals surface area contributed by atoms with Crippen LogP contribution in [0.4, 0.5) is 0 Å². The molecule has 5 heteroatoms. The highest BCUT2D eigenvalue weighted by molar-refractivity contribution is 5.88. The lowest BCUT2D eigenvalue weighted by Gasteiger charge is -2.08. The van der Waals surface area contributed by atoms with Crippen LogP contribution in [0.25, 0.3) is 10.9 Å². The van der Waals surface area contributed by atoms with Gasteiger partial charge in [-0.3, -0.25) is 4.98 Å². The Morgan fingerprint density at radius 2 is 2.14 bits per heavy atom. The van der Waals surface area contributed by atoms with Crippen LogP contribution >= 0.6 is 0 Å². The molecule has 2 heterocycles. The van der Waals surface area contributed by atoms with E-state index < -0.39 is 5.97 Å². The third-order valence-electron chi connectivity index (χ3n) is 3.44. The topological polar surface area (TPSA) is 65.2 Å². The normalized spacial score (nSPS) is 10.8. The molecule has 0 fully saturated rings. The maximum atomic E-state index is 12.1. The molecule has 0 amide bonds. The molecule has 0 radical (unpaired) electrons. The van der Waals surface area contributed by atoms with Crippen LogP contribution < -0.4 is 0 Å². The molecule has 0 aliphatic carbocycles. The summed E-state index contributed by atoms with van der Waals surface area (Å²) < 4.78 is 10.5. The first-order chi connectivity index (χ1) is 10.7. The van der Waals surface area contributed by atoms with E-state index in [1.165, 1.54) is 6.39 Å². The molecular formula is C17H16N2O3. The van der Waals surface area contributed by atoms with Crippen molar-refractivity contribution in [2.75, 3.05) is 0 Å². The fraction of sp³-hybridized carbons (Fsp3) is 0.235. The average Bonchev–Trinajstić information content (AvgIpc) is 3.00. The molecule has 2 aromatic heterocycles. The van der Waals surface area contributed by atoms with Gasteiger partial charge in [-0.15, -0.1) is 0 Å². The van der Waals surface area contributed by atoms with Crippen molar-refractivity contribution < 1.29 is 13.9 Å². The Morgan fingerprint density at radius 3 is 2.95 bits per heavy atom. The summed E-state index contributed by atoms with van der Waals surface area (Å²) in [6, 6.07) is 9.73. The monoisotopic (exact) mass is 296 g/mol. The van der Waals surface area contributed by atoms with Crippen LogP contribution in [0.1, 0.15) is 34.4 Å². The first-order valence-electron chi connectivity index (χ1n) is 7.13. The van der Waals surface area contributed by atoms with Gasteiger partial charge in [-0.25, -0.2) is 9.78 Å². The fourth-order valence-electron chi connectivity index (χ4n) is 2.41. The van der Waals surface area contributed by atoms with E-state index in [1.807, 2.05) is 44.2 Å². The molecule has 112 valence electrons. The summed E-state index contributed by atoms with van der Waals surface area (Å²) >= 11 is 0. The Kier molecular flexibility index (Phi) is 3.87. The number of rotatable bonds is 4. The molecule has 5 nitrogen and oxygen atoms in total. The summed E-state index contributed by atoms with van der Waals surface area (Å²) in [5.74, 6) is 0.0740. The summed E-state index contributed by atoms with van der Waals surface area (Å²) in [5.41, 5.74) is 2.96. The minimum atomic E-state index is -0.468. The fourth-order valence-corrected chi connectivity index (χ4v) is 2.41. The lowest BCUT2D eigenvalue weighted by atomic mass is 10.1. The van der Waals surface area contributed by atoms with Crippen LogP contribution in [0.15, 0.2) is 41.1 Å². The molecule has 0 bridgehead atoms. The third kappa shape index (κ3) is 2.70. The first kappa shape index (κ1) is 14.3. The second-order valence-electron chi connectivity index (χ2n) is 4.99. The van der Waals surface area contributed by atoms with E-state index in [2.05, 4.69) is 9.97 Å². The standard InChI is InChI=1S/C17H16N2O3/c1-3-15-16(18-10-22-15)17(20)21-9-12-8-11(2)19-14-7-5-4-6-13(12)14/h4-8,10H,3,9H2,1-2H3. The van der Waals surface area contributed by atoms with Gasteiger partial charge in [0, 0.05) is 23.1 Å². The minimum absolute atomic E-state index is 0.179. The summed E-state index contributed by atoms with van der Waals surface area (Å²) in [7, 11) is 0. The van der Waals surface area contributed by atoms with E-state index in [9.17, 15) is 4.79 Å². The van der Waals surface area contributed by atoms with E-state index in [1.54, 1.807) is 0 Å². The first-order valence-corrected chi connectivity index (χ1v) is 7.13. The van der Waals surface area contributed by atoms with Crippen LogP contribution in [-0.2, 0) is 17.8 Å². The SMILES string of the molecule is CCc1ocnc1C(=O)OCc1cc(C)nc2ccccc12. The van der Waals surface area contributed by atoms with Crippen molar-refractivity contribution in [3.63, 3.8) is 0 Å². The van der Waals surface area contributed by atoms with Gasteiger partial charge < -0.3 is 9.15 Å². The molecule has 0 spiro atoms. The van der Waals surface area contributed by atoms with Gasteiger partial charge >= 0.3 is 5.97 Å². The number of fused-ring (bicyclic) bond motifs is 1. The van der Waals surface area contributed by atoms with Gasteiger partial charge in [0.15, 0.2) is 12.1 Å². The van der Waals surface area contributed by atoms with E-state index >= 15 is 0 Å². The smallest absolute Gasteiger partial charge is 0.360 e. The molecule has 0 saturated carbocycles. The molecule has 0 N–H and O–H groups in total. The molecule has 1 aromatic carbocycles. The average molecular weight is 296 g/mol. The number of carbonyl (C=O) groups is 1. The lowest BCUT2D eigenvalue weighted by Crippen LogP contribution is -2.08. The number of hydrogen-bond acceptors (Lipinski definition) is 5. The Hall–Kier alpha value is -2.69. The van der Waals surface area contributed by atoms with Gasteiger partial charge in [-0.05, 0) is 19.1 Å². The summed E-state index contributed by atoms with van der Waals surface area (Å²) in [5, 5.41) is 0.983. The van der Waals surface area contributed by atoms with Crippen molar-refractivity contribution in [3.8, 4) is 0 Å². The minimum Gasteiger partial charge on any atom is -0.456 e. The van der Waals surface area contributed by atoms with Gasteiger partial charge in [0.25, 0.3) is 0 Å². The number of pyridine rings is 1. The maximum absolute atomic E-state index is 12.1. The largest absolute Gasteiger partial charge is 0.456 e. The Morgan fingerprint density at radius 1 is 1.32 bits per heavy atom. The van der Waals surface area contributed by atoms with Crippen molar-refractivity contribution >= 4 is 16.9 Å². The number of carbonyl (C=O) groups excluding carboxylic acids is 1. The predicted molar refractivity (Wildman–Crippen MR) is 81.5 cm³/mol. The highest BCUT2D eigenvalue weighted by Crippen LogP contribution is 2.19. The van der Waals surface area contributed by atoms with Crippen molar-refractivity contribution in [2.24, 2.45) is 0 Å². The zero-order chi connectivity index (χ0) is 15.5. The van der Waals surface area contributed by atoms with Gasteiger partial charge in [0.1, 0.15) is 12.4 Å². The number of ether oxygens (including phenoxy) is 1. The van der Waals surface area contributed by atoms with Crippen LogP contribution in [0.5, 0.6) is 0 Å². The summed E-state index contributed by atoms with van der Waals surface area (Å²) in [4.78, 5) is 20.5. The van der Waals surface area contributed by atoms with E-state index in [0.29, 0.717) is 12.2 Å². The Labute approximate surface area is 128 Å². The Bertz CT molecular complexity index is 824. The molecule has 0 aliphatic rings. The van der Waals surface area contributed by atoms with Crippen molar-refractivity contribution in [1.82, 2.24) is 9.97 Å². The summed E-state index contributed by atoms with van der Waals surface area (Å²) in [6.07, 6.45) is 1.86. The maximum Gasteiger partial charge on any atom is 0.360 e. The zero-order valence-electron chi connectivity index (χ0n) is 12.5. The third-order valence-corrected chi connectivity index (χ3v) is 3.44. The number of benzene rings is 1. The molecule has 0 atom stereocenters. The molecule has 22 heavy (non-hydrogen) atoms. The molecule has 0 saturated heterocycles. The van der Waals surface area contributed by atoms with Gasteiger partial charge in [0.2, 0.25) is 0 Å². The van der Waals surface area contributed by atoms with Crippen LogP contribution in [0, 0.1) is 6.92 Å². The number of oxazole rings is 1. The number of esters is 1. The highest BCUT2D eigenvalue weighted by atomic mass is 16.5. The van der Waals surface area contributed by atoms with Gasteiger partial charge in [-0.2, -0.15) is 0 Å². The van der Waals surface area contributed by atoms with Crippen molar-refractivity contribution in [2.45, 2.75) is 26.9 Å². The highest BCUT2D eigenvalue weighted by Gasteiger charge is 2.17. The summed E-state index contributed by atoms with van der Waals surface area (Å²) in [6.45, 7) is 4.00. The van der Waals surface area contributed by atoms with Gasteiger partial charge in [0.05, 0.1) is 5.52 Å². The van der Waals surface area contributed by atoms with E-state index in [-0.39, 0.29) is 12.3 Å². The zero-order valence-corrected chi connectivity index (χ0v) is 12.5. The van der Waals surface area contributed by atoms with Crippen molar-refractivity contribution in [3.05, 3.63) is 59.4 Å². The van der Waals surface area contributed by atoms with E-state index in [4.69, 9.17) is 9.15 Å². The lowest BCUT2D eigenvalue weighted by molar-refractivity contribution is 0.0465. The molecular weight excluding hydrogens is 280 g/mol. The quantitative estimate of drug-likeness (QED) is 0.690. The number of nitrogens with zero attached hydrogens (tertiary/aromatic N) is 2. The number of aromatic nitrogens is 2. The van der Waals surface area contributed by atoms with Crippen molar-refractivity contribution in [1.29, 1.82) is 0 Å². The second kappa shape index (κ2) is 5.97. The second-order valence-corrected chi connectivity index (χ2v) is 4.99. The van der Waals surface area contributed by atoms with E-state index in [0.717, 1.165) is 22.2 Å².